The highest BCUT2D eigenvalue weighted by Gasteiger charge is 2.33. The van der Waals surface area contributed by atoms with Crippen molar-refractivity contribution in [1.29, 1.82) is 5.26 Å². The van der Waals surface area contributed by atoms with E-state index in [4.69, 9.17) is 0 Å². The molecule has 0 unspecified atom stereocenters. The van der Waals surface area contributed by atoms with Gasteiger partial charge in [0.05, 0.1) is 5.75 Å². The van der Waals surface area contributed by atoms with Gasteiger partial charge in [0.1, 0.15) is 16.7 Å². The van der Waals surface area contributed by atoms with Gasteiger partial charge in [-0.05, 0) is 49.2 Å². The van der Waals surface area contributed by atoms with Crippen molar-refractivity contribution >= 4 is 35.0 Å². The third-order valence-corrected chi connectivity index (χ3v) is 4.88. The zero-order chi connectivity index (χ0) is 18.7. The van der Waals surface area contributed by atoms with Gasteiger partial charge in [-0.25, -0.2) is 0 Å². The minimum atomic E-state index is -0.518. The minimum Gasteiger partial charge on any atom is -0.321 e. The Hall–Kier alpha value is -3.04. The van der Waals surface area contributed by atoms with E-state index in [-0.39, 0.29) is 17.2 Å². The standard InChI is InChI=1S/C20H17N3O2S/c1-13-8-14(2)10-15(9-13)22-19(25)17(11-21)20-23(18(24)12-26-20)16-6-4-3-5-7-16/h3-10H,12H2,1-2H3,(H,22,25)/b20-17+. The number of para-hydroxylation sites is 1. The monoisotopic (exact) mass is 363 g/mol. The quantitative estimate of drug-likeness (QED) is 0.666. The second-order valence-electron chi connectivity index (χ2n) is 5.98. The Morgan fingerprint density at radius 3 is 2.42 bits per heavy atom. The van der Waals surface area contributed by atoms with Gasteiger partial charge in [-0.1, -0.05) is 36.0 Å². The highest BCUT2D eigenvalue weighted by Crippen LogP contribution is 2.36. The first-order chi connectivity index (χ1) is 12.5. The summed E-state index contributed by atoms with van der Waals surface area (Å²) in [7, 11) is 0. The fourth-order valence-electron chi connectivity index (χ4n) is 2.83. The van der Waals surface area contributed by atoms with Gasteiger partial charge in [0, 0.05) is 11.4 Å². The van der Waals surface area contributed by atoms with E-state index in [9.17, 15) is 14.9 Å². The Morgan fingerprint density at radius 1 is 1.15 bits per heavy atom. The highest BCUT2D eigenvalue weighted by molar-refractivity contribution is 8.04. The zero-order valence-electron chi connectivity index (χ0n) is 14.4. The fraction of sp³-hybridized carbons (Fsp3) is 0.150. The van der Waals surface area contributed by atoms with Gasteiger partial charge in [-0.2, -0.15) is 5.26 Å². The molecule has 1 aliphatic heterocycles. The lowest BCUT2D eigenvalue weighted by atomic mass is 10.1. The maximum Gasteiger partial charge on any atom is 0.269 e. The Bertz CT molecular complexity index is 925. The molecular weight excluding hydrogens is 346 g/mol. The van der Waals surface area contributed by atoms with E-state index in [0.29, 0.717) is 16.4 Å². The van der Waals surface area contributed by atoms with Crippen LogP contribution in [0.15, 0.2) is 59.1 Å². The maximum absolute atomic E-state index is 12.7. The van der Waals surface area contributed by atoms with Crippen molar-refractivity contribution in [2.24, 2.45) is 0 Å². The summed E-state index contributed by atoms with van der Waals surface area (Å²) in [5.41, 5.74) is 3.24. The van der Waals surface area contributed by atoms with Crippen LogP contribution < -0.4 is 10.2 Å². The number of amides is 2. The van der Waals surface area contributed by atoms with E-state index < -0.39 is 5.91 Å². The van der Waals surface area contributed by atoms with Crippen LogP contribution in [0, 0.1) is 25.2 Å². The number of nitrogens with one attached hydrogen (secondary N) is 1. The first-order valence-electron chi connectivity index (χ1n) is 8.04. The molecule has 0 bridgehead atoms. The van der Waals surface area contributed by atoms with E-state index in [0.717, 1.165) is 11.1 Å². The second kappa shape index (κ2) is 7.46. The van der Waals surface area contributed by atoms with E-state index in [2.05, 4.69) is 5.32 Å². The summed E-state index contributed by atoms with van der Waals surface area (Å²) < 4.78 is 0. The summed E-state index contributed by atoms with van der Waals surface area (Å²) in [6.07, 6.45) is 0. The molecule has 2 aromatic carbocycles. The topological polar surface area (TPSA) is 73.2 Å². The number of benzene rings is 2. The predicted octanol–water partition coefficient (Wildman–Crippen LogP) is 3.76. The van der Waals surface area contributed by atoms with Crippen molar-refractivity contribution in [2.75, 3.05) is 16.0 Å². The lowest BCUT2D eigenvalue weighted by molar-refractivity contribution is -0.115. The van der Waals surface area contributed by atoms with Crippen LogP contribution >= 0.6 is 11.8 Å². The molecule has 0 saturated carbocycles. The average molecular weight is 363 g/mol. The molecule has 1 heterocycles. The number of carbonyl (C=O) groups excluding carboxylic acids is 2. The summed E-state index contributed by atoms with van der Waals surface area (Å²) in [5.74, 6) is -0.467. The Kier molecular flexibility index (Phi) is 5.10. The van der Waals surface area contributed by atoms with Crippen LogP contribution in [0.25, 0.3) is 0 Å². The van der Waals surface area contributed by atoms with E-state index in [1.165, 1.54) is 16.7 Å². The number of hydrogen-bond donors (Lipinski definition) is 1. The summed E-state index contributed by atoms with van der Waals surface area (Å²) >= 11 is 1.20. The zero-order valence-corrected chi connectivity index (χ0v) is 15.3. The lowest BCUT2D eigenvalue weighted by Gasteiger charge is -2.18. The van der Waals surface area contributed by atoms with Gasteiger partial charge >= 0.3 is 0 Å². The molecule has 1 N–H and O–H groups in total. The molecule has 1 fully saturated rings. The summed E-state index contributed by atoms with van der Waals surface area (Å²) in [4.78, 5) is 26.4. The maximum atomic E-state index is 12.7. The molecule has 5 nitrogen and oxygen atoms in total. The number of hydrogen-bond acceptors (Lipinski definition) is 4. The number of nitriles is 1. The van der Waals surface area contributed by atoms with Crippen molar-refractivity contribution in [3.63, 3.8) is 0 Å². The van der Waals surface area contributed by atoms with Crippen LogP contribution in [0.1, 0.15) is 11.1 Å². The number of aryl methyl sites for hydroxylation is 2. The van der Waals surface area contributed by atoms with Crippen molar-refractivity contribution in [1.82, 2.24) is 0 Å². The summed E-state index contributed by atoms with van der Waals surface area (Å²) in [6, 6.07) is 16.7. The van der Waals surface area contributed by atoms with Crippen LogP contribution in [-0.2, 0) is 9.59 Å². The largest absolute Gasteiger partial charge is 0.321 e. The minimum absolute atomic E-state index is 0.0659. The number of rotatable bonds is 3. The second-order valence-corrected chi connectivity index (χ2v) is 6.94. The molecular formula is C20H17N3O2S. The molecule has 1 saturated heterocycles. The van der Waals surface area contributed by atoms with Crippen molar-refractivity contribution < 1.29 is 9.59 Å². The van der Waals surface area contributed by atoms with Crippen LogP contribution in [-0.4, -0.2) is 17.6 Å². The van der Waals surface area contributed by atoms with Gasteiger partial charge < -0.3 is 5.32 Å². The van der Waals surface area contributed by atoms with Gasteiger partial charge in [-0.15, -0.1) is 0 Å². The average Bonchev–Trinajstić information content (AvgIpc) is 2.96. The van der Waals surface area contributed by atoms with Gasteiger partial charge in [0.2, 0.25) is 5.91 Å². The number of thioether (sulfide) groups is 1. The lowest BCUT2D eigenvalue weighted by Crippen LogP contribution is -2.26. The van der Waals surface area contributed by atoms with Crippen molar-refractivity contribution in [3.05, 3.63) is 70.3 Å². The Labute approximate surface area is 156 Å². The van der Waals surface area contributed by atoms with Crippen molar-refractivity contribution in [2.45, 2.75) is 13.8 Å². The molecule has 2 amide bonds. The van der Waals surface area contributed by atoms with Crippen LogP contribution in [0.3, 0.4) is 0 Å². The third kappa shape index (κ3) is 3.63. The molecule has 1 aliphatic rings. The molecule has 26 heavy (non-hydrogen) atoms. The smallest absolute Gasteiger partial charge is 0.269 e. The molecule has 2 aromatic rings. The SMILES string of the molecule is Cc1cc(C)cc(NC(=O)/C(C#N)=C2/SCC(=O)N2c2ccccc2)c1. The van der Waals surface area contributed by atoms with Gasteiger partial charge in [0.15, 0.2) is 0 Å². The Balaban J connectivity index is 1.96. The van der Waals surface area contributed by atoms with E-state index in [1.807, 2.05) is 56.3 Å². The highest BCUT2D eigenvalue weighted by atomic mass is 32.2. The summed E-state index contributed by atoms with van der Waals surface area (Å²) in [6.45, 7) is 3.88. The van der Waals surface area contributed by atoms with Crippen LogP contribution in [0.4, 0.5) is 11.4 Å². The van der Waals surface area contributed by atoms with E-state index >= 15 is 0 Å². The fourth-order valence-corrected chi connectivity index (χ4v) is 3.84. The number of anilines is 2. The molecule has 3 rings (SSSR count). The summed E-state index contributed by atoms with van der Waals surface area (Å²) in [5, 5.41) is 12.7. The first-order valence-corrected chi connectivity index (χ1v) is 9.03. The molecule has 0 aromatic heterocycles. The normalized spacial score (nSPS) is 15.6. The number of carbonyl (C=O) groups is 2. The third-order valence-electron chi connectivity index (χ3n) is 3.83. The molecule has 0 atom stereocenters. The molecule has 0 aliphatic carbocycles. The van der Waals surface area contributed by atoms with Crippen molar-refractivity contribution in [3.8, 4) is 6.07 Å². The predicted molar refractivity (Wildman–Crippen MR) is 104 cm³/mol. The molecule has 0 radical (unpaired) electrons. The van der Waals surface area contributed by atoms with Gasteiger partial charge in [0.25, 0.3) is 5.91 Å². The molecule has 6 heteroatoms. The van der Waals surface area contributed by atoms with Gasteiger partial charge in [-0.3, -0.25) is 14.5 Å². The molecule has 130 valence electrons. The molecule has 0 spiro atoms. The first kappa shape index (κ1) is 17.8. The van der Waals surface area contributed by atoms with E-state index in [1.54, 1.807) is 12.1 Å². The van der Waals surface area contributed by atoms with Crippen LogP contribution in [0.5, 0.6) is 0 Å². The number of nitrogens with zero attached hydrogens (tertiary/aromatic N) is 2. The van der Waals surface area contributed by atoms with Crippen LogP contribution in [0.2, 0.25) is 0 Å². The Morgan fingerprint density at radius 2 is 1.81 bits per heavy atom.